The second-order valence-corrected chi connectivity index (χ2v) is 7.41. The molecule has 0 saturated carbocycles. The fourth-order valence-corrected chi connectivity index (χ4v) is 3.26. The molecular formula is C26H36N2Pd. The van der Waals surface area contributed by atoms with Crippen molar-refractivity contribution < 1.29 is 20.4 Å². The molecule has 0 spiro atoms. The molecule has 2 rings (SSSR count). The smallest absolute Gasteiger partial charge is 0.0633 e. The van der Waals surface area contributed by atoms with Gasteiger partial charge >= 0.3 is 0 Å². The average molecular weight is 483 g/mol. The van der Waals surface area contributed by atoms with Crippen LogP contribution in [0.25, 0.3) is 0 Å². The molecule has 2 aromatic carbocycles. The van der Waals surface area contributed by atoms with Crippen molar-refractivity contribution in [1.29, 1.82) is 0 Å². The molecule has 2 aromatic rings. The van der Waals surface area contributed by atoms with E-state index >= 15 is 0 Å². The molecule has 0 aliphatic carbocycles. The van der Waals surface area contributed by atoms with Crippen LogP contribution in [0.15, 0.2) is 70.6 Å². The number of unbranched alkanes of at least 4 members (excludes halogenated alkanes) is 6. The molecule has 3 heteroatoms. The molecule has 0 radical (unpaired) electrons. The fraction of sp³-hybridized carbons (Fsp3) is 0.462. The van der Waals surface area contributed by atoms with Gasteiger partial charge in [-0.05, 0) is 49.9 Å². The van der Waals surface area contributed by atoms with Crippen molar-refractivity contribution in [2.75, 3.05) is 0 Å². The van der Waals surface area contributed by atoms with E-state index in [0.717, 1.165) is 36.3 Å². The Bertz CT molecular complexity index is 708. The summed E-state index contributed by atoms with van der Waals surface area (Å²) in [4.78, 5) is 10.0. The van der Waals surface area contributed by atoms with Crippen LogP contribution < -0.4 is 0 Å². The molecule has 0 aliphatic rings. The van der Waals surface area contributed by atoms with Gasteiger partial charge in [0.25, 0.3) is 0 Å². The Morgan fingerprint density at radius 2 is 0.966 bits per heavy atom. The van der Waals surface area contributed by atoms with Gasteiger partial charge in [0.1, 0.15) is 0 Å². The van der Waals surface area contributed by atoms with Crippen LogP contribution in [0.2, 0.25) is 0 Å². The van der Waals surface area contributed by atoms with E-state index in [0.29, 0.717) is 0 Å². The Morgan fingerprint density at radius 1 is 0.552 bits per heavy atom. The van der Waals surface area contributed by atoms with Gasteiger partial charge in [0.15, 0.2) is 0 Å². The summed E-state index contributed by atoms with van der Waals surface area (Å²) in [6.07, 6.45) is 12.1. The van der Waals surface area contributed by atoms with Crippen molar-refractivity contribution >= 4 is 22.8 Å². The number of benzene rings is 2. The second-order valence-electron chi connectivity index (χ2n) is 7.41. The van der Waals surface area contributed by atoms with Crippen LogP contribution in [0.3, 0.4) is 0 Å². The molecule has 0 atom stereocenters. The zero-order valence-corrected chi connectivity index (χ0v) is 19.6. The Hall–Kier alpha value is -1.56. The zero-order valence-electron chi connectivity index (χ0n) is 18.1. The average Bonchev–Trinajstić information content (AvgIpc) is 2.74. The normalized spacial score (nSPS) is 11.9. The zero-order chi connectivity index (χ0) is 19.9. The molecule has 160 valence electrons. The standard InChI is InChI=1S/C26H36N2.Pd/c1-3-5-7-8-9-16-22-26(28-24-19-14-11-15-20-24)25(21-6-4-2)27-23-17-12-10-13-18-23;/h10-15,17-20H,3-9,16,21-22H2,1-2H3;. The maximum Gasteiger partial charge on any atom is 0.0633 e. The summed E-state index contributed by atoms with van der Waals surface area (Å²) in [6, 6.07) is 20.6. The van der Waals surface area contributed by atoms with Crippen molar-refractivity contribution in [2.24, 2.45) is 9.98 Å². The third kappa shape index (κ3) is 10.7. The maximum absolute atomic E-state index is 5.03. The van der Waals surface area contributed by atoms with Crippen LogP contribution in [0.1, 0.15) is 78.1 Å². The number of hydrogen-bond acceptors (Lipinski definition) is 2. The van der Waals surface area contributed by atoms with Crippen LogP contribution >= 0.6 is 0 Å². The molecule has 0 saturated heterocycles. The van der Waals surface area contributed by atoms with E-state index in [4.69, 9.17) is 9.98 Å². The van der Waals surface area contributed by atoms with Gasteiger partial charge in [0.2, 0.25) is 0 Å². The van der Waals surface area contributed by atoms with E-state index in [9.17, 15) is 0 Å². The summed E-state index contributed by atoms with van der Waals surface area (Å²) in [5, 5.41) is 0. The third-order valence-corrected chi connectivity index (χ3v) is 4.91. The molecule has 0 amide bonds. The number of hydrogen-bond donors (Lipinski definition) is 0. The monoisotopic (exact) mass is 482 g/mol. The van der Waals surface area contributed by atoms with Crippen LogP contribution in [0.5, 0.6) is 0 Å². The first-order chi connectivity index (χ1) is 13.8. The Kier molecular flexibility index (Phi) is 14.3. The largest absolute Gasteiger partial charge is 0.252 e. The van der Waals surface area contributed by atoms with Crippen molar-refractivity contribution in [3.8, 4) is 0 Å². The van der Waals surface area contributed by atoms with Gasteiger partial charge in [-0.3, -0.25) is 9.98 Å². The summed E-state index contributed by atoms with van der Waals surface area (Å²) in [5.41, 5.74) is 4.38. The Labute approximate surface area is 191 Å². The molecule has 2 nitrogen and oxygen atoms in total. The number of rotatable bonds is 13. The summed E-state index contributed by atoms with van der Waals surface area (Å²) in [7, 11) is 0. The topological polar surface area (TPSA) is 24.7 Å². The van der Waals surface area contributed by atoms with Gasteiger partial charge in [-0.25, -0.2) is 0 Å². The summed E-state index contributed by atoms with van der Waals surface area (Å²) in [5.74, 6) is 0. The van der Waals surface area contributed by atoms with Crippen molar-refractivity contribution in [3.63, 3.8) is 0 Å². The first-order valence-corrected chi connectivity index (χ1v) is 11.1. The van der Waals surface area contributed by atoms with Crippen LogP contribution in [-0.2, 0) is 20.4 Å². The van der Waals surface area contributed by atoms with Gasteiger partial charge in [-0.15, -0.1) is 0 Å². The summed E-state index contributed by atoms with van der Waals surface area (Å²) in [6.45, 7) is 4.51. The molecule has 0 bridgehead atoms. The van der Waals surface area contributed by atoms with Crippen LogP contribution in [-0.4, -0.2) is 11.4 Å². The van der Waals surface area contributed by atoms with Gasteiger partial charge in [-0.2, -0.15) is 0 Å². The van der Waals surface area contributed by atoms with E-state index in [2.05, 4.69) is 62.4 Å². The van der Waals surface area contributed by atoms with Crippen molar-refractivity contribution in [2.45, 2.75) is 78.1 Å². The molecule has 0 aliphatic heterocycles. The van der Waals surface area contributed by atoms with Crippen LogP contribution in [0, 0.1) is 0 Å². The molecule has 0 unspecified atom stereocenters. The molecule has 0 fully saturated rings. The number of aliphatic imine (C=N–C) groups is 2. The molecule has 0 aromatic heterocycles. The van der Waals surface area contributed by atoms with Gasteiger partial charge < -0.3 is 0 Å². The SMILES string of the molecule is CCCCCCCCC(=Nc1ccccc1)C(CCCC)=Nc1ccccc1.[Pd]. The molecule has 0 heterocycles. The summed E-state index contributed by atoms with van der Waals surface area (Å²) >= 11 is 0. The first kappa shape index (κ1) is 25.5. The predicted molar refractivity (Wildman–Crippen MR) is 125 cm³/mol. The maximum atomic E-state index is 5.03. The van der Waals surface area contributed by atoms with E-state index in [1.165, 1.54) is 50.7 Å². The van der Waals surface area contributed by atoms with E-state index < -0.39 is 0 Å². The minimum absolute atomic E-state index is 0. The van der Waals surface area contributed by atoms with Crippen LogP contribution in [0.4, 0.5) is 11.4 Å². The molecular weight excluding hydrogens is 447 g/mol. The Morgan fingerprint density at radius 3 is 1.45 bits per heavy atom. The fourth-order valence-electron chi connectivity index (χ4n) is 3.26. The minimum atomic E-state index is 0. The van der Waals surface area contributed by atoms with Gasteiger partial charge in [-0.1, -0.05) is 88.8 Å². The van der Waals surface area contributed by atoms with Gasteiger partial charge in [0, 0.05) is 20.4 Å². The van der Waals surface area contributed by atoms with Crippen molar-refractivity contribution in [3.05, 3.63) is 60.7 Å². The summed E-state index contributed by atoms with van der Waals surface area (Å²) < 4.78 is 0. The van der Waals surface area contributed by atoms with E-state index in [1.807, 2.05) is 12.1 Å². The van der Waals surface area contributed by atoms with Crippen molar-refractivity contribution in [1.82, 2.24) is 0 Å². The van der Waals surface area contributed by atoms with E-state index in [1.54, 1.807) is 0 Å². The molecule has 0 N–H and O–H groups in total. The second kappa shape index (κ2) is 16.3. The van der Waals surface area contributed by atoms with Gasteiger partial charge in [0.05, 0.1) is 22.8 Å². The Balaban J connectivity index is 0.00000420. The third-order valence-electron chi connectivity index (χ3n) is 4.91. The first-order valence-electron chi connectivity index (χ1n) is 11.1. The minimum Gasteiger partial charge on any atom is -0.252 e. The van der Waals surface area contributed by atoms with E-state index in [-0.39, 0.29) is 20.4 Å². The number of para-hydroxylation sites is 2. The molecule has 29 heavy (non-hydrogen) atoms. The predicted octanol–water partition coefficient (Wildman–Crippen LogP) is 8.47. The quantitative estimate of drug-likeness (QED) is 0.155. The number of nitrogens with zero attached hydrogens (tertiary/aromatic N) is 2.